The summed E-state index contributed by atoms with van der Waals surface area (Å²) in [6.45, 7) is 0. The number of pyridine rings is 2. The average molecular weight is 394 g/mol. The van der Waals surface area contributed by atoms with Gasteiger partial charge in [0.05, 0.1) is 15.7 Å². The summed E-state index contributed by atoms with van der Waals surface area (Å²) in [7, 11) is 0. The Balaban J connectivity index is 1.66. The third-order valence-corrected chi connectivity index (χ3v) is 4.78. The minimum absolute atomic E-state index is 0.219. The lowest BCUT2D eigenvalue weighted by atomic mass is 10.1. The molecule has 0 saturated heterocycles. The van der Waals surface area contributed by atoms with Crippen LogP contribution in [0, 0.1) is 0 Å². The smallest absolute Gasteiger partial charge is 0.256 e. The Kier molecular flexibility index (Phi) is 4.75. The van der Waals surface area contributed by atoms with Gasteiger partial charge in [0.25, 0.3) is 5.91 Å². The van der Waals surface area contributed by atoms with Gasteiger partial charge in [0, 0.05) is 16.5 Å². The van der Waals surface area contributed by atoms with Crippen molar-refractivity contribution in [3.63, 3.8) is 0 Å². The number of benzene rings is 2. The van der Waals surface area contributed by atoms with Crippen molar-refractivity contribution in [2.24, 2.45) is 0 Å². The highest BCUT2D eigenvalue weighted by Gasteiger charge is 2.09. The summed E-state index contributed by atoms with van der Waals surface area (Å²) in [4.78, 5) is 21.4. The second-order valence-electron chi connectivity index (χ2n) is 5.89. The average Bonchev–Trinajstić information content (AvgIpc) is 2.70. The van der Waals surface area contributed by atoms with Crippen molar-refractivity contribution in [3.05, 3.63) is 88.4 Å². The van der Waals surface area contributed by atoms with Gasteiger partial charge in [0.2, 0.25) is 0 Å². The molecule has 0 spiro atoms. The van der Waals surface area contributed by atoms with Gasteiger partial charge in [-0.25, -0.2) is 9.97 Å². The molecule has 0 radical (unpaired) electrons. The summed E-state index contributed by atoms with van der Waals surface area (Å²) < 4.78 is 0. The Labute approximate surface area is 165 Å². The molecular formula is C21H13Cl2N3O. The maximum absolute atomic E-state index is 12.3. The van der Waals surface area contributed by atoms with Crippen molar-refractivity contribution in [3.8, 4) is 11.3 Å². The second-order valence-corrected chi connectivity index (χ2v) is 6.70. The predicted octanol–water partition coefficient (Wildman–Crippen LogP) is 5.86. The van der Waals surface area contributed by atoms with E-state index < -0.39 is 0 Å². The lowest BCUT2D eigenvalue weighted by Gasteiger charge is -2.07. The largest absolute Gasteiger partial charge is 0.306 e. The maximum Gasteiger partial charge on any atom is 0.256 e. The number of aromatic nitrogens is 2. The van der Waals surface area contributed by atoms with Crippen LogP contribution in [0.5, 0.6) is 0 Å². The zero-order chi connectivity index (χ0) is 18.8. The van der Waals surface area contributed by atoms with E-state index in [-0.39, 0.29) is 5.91 Å². The molecule has 4 nitrogen and oxygen atoms in total. The van der Waals surface area contributed by atoms with Gasteiger partial charge in [-0.05, 0) is 48.5 Å². The molecular weight excluding hydrogens is 381 g/mol. The normalized spacial score (nSPS) is 10.7. The first-order chi connectivity index (χ1) is 13.1. The third kappa shape index (κ3) is 3.77. The van der Waals surface area contributed by atoms with Crippen LogP contribution in [0.25, 0.3) is 22.3 Å². The van der Waals surface area contributed by atoms with E-state index >= 15 is 0 Å². The van der Waals surface area contributed by atoms with E-state index in [9.17, 15) is 4.79 Å². The summed E-state index contributed by atoms with van der Waals surface area (Å²) in [5.41, 5.74) is 2.66. The van der Waals surface area contributed by atoms with Gasteiger partial charge in [-0.15, -0.1) is 0 Å². The molecule has 4 aromatic rings. The number of fused-ring (bicyclic) bond motifs is 1. The number of nitrogens with zero attached hydrogens (tertiary/aromatic N) is 2. The number of anilines is 1. The van der Waals surface area contributed by atoms with Crippen LogP contribution in [0.3, 0.4) is 0 Å². The Morgan fingerprint density at radius 1 is 0.815 bits per heavy atom. The fourth-order valence-electron chi connectivity index (χ4n) is 2.66. The van der Waals surface area contributed by atoms with E-state index in [1.165, 1.54) is 0 Å². The highest BCUT2D eigenvalue weighted by atomic mass is 35.5. The molecule has 0 aliphatic rings. The van der Waals surface area contributed by atoms with Crippen LogP contribution >= 0.6 is 23.2 Å². The summed E-state index contributed by atoms with van der Waals surface area (Å²) in [6, 6.07) is 21.8. The van der Waals surface area contributed by atoms with Crippen molar-refractivity contribution >= 4 is 46.0 Å². The molecule has 0 aliphatic heterocycles. The van der Waals surface area contributed by atoms with Crippen molar-refractivity contribution < 1.29 is 4.79 Å². The van der Waals surface area contributed by atoms with Crippen LogP contribution in [0.15, 0.2) is 72.8 Å². The molecule has 2 aromatic heterocycles. The van der Waals surface area contributed by atoms with Crippen molar-refractivity contribution in [1.29, 1.82) is 0 Å². The van der Waals surface area contributed by atoms with Crippen molar-refractivity contribution in [2.45, 2.75) is 0 Å². The maximum atomic E-state index is 12.3. The van der Waals surface area contributed by atoms with Gasteiger partial charge in [-0.1, -0.05) is 47.5 Å². The molecule has 0 bridgehead atoms. The van der Waals surface area contributed by atoms with E-state index in [4.69, 9.17) is 23.2 Å². The van der Waals surface area contributed by atoms with E-state index in [0.29, 0.717) is 27.1 Å². The second kappa shape index (κ2) is 7.35. The standard InChI is InChI=1S/C21H13Cl2N3O/c22-16-9-6-15(12-17(16)23)18-10-7-13-8-11-19(25-20(13)24-18)26-21(27)14-4-2-1-3-5-14/h1-12H,(H,24,25,26,27). The number of amides is 1. The Morgan fingerprint density at radius 3 is 2.37 bits per heavy atom. The molecule has 1 amide bonds. The van der Waals surface area contributed by atoms with Crippen LogP contribution in [0.2, 0.25) is 10.0 Å². The number of nitrogens with one attached hydrogen (secondary N) is 1. The van der Waals surface area contributed by atoms with Gasteiger partial charge < -0.3 is 5.32 Å². The van der Waals surface area contributed by atoms with Gasteiger partial charge in [0.15, 0.2) is 5.65 Å². The number of hydrogen-bond donors (Lipinski definition) is 1. The molecule has 1 N–H and O–H groups in total. The number of rotatable bonds is 3. The van der Waals surface area contributed by atoms with E-state index in [0.717, 1.165) is 16.6 Å². The first-order valence-electron chi connectivity index (χ1n) is 8.20. The Hall–Kier alpha value is -2.95. The van der Waals surface area contributed by atoms with Crippen LogP contribution in [0.4, 0.5) is 5.82 Å². The summed E-state index contributed by atoms with van der Waals surface area (Å²) in [5.74, 6) is 0.221. The van der Waals surface area contributed by atoms with E-state index in [1.807, 2.05) is 42.5 Å². The minimum Gasteiger partial charge on any atom is -0.306 e. The fraction of sp³-hybridized carbons (Fsp3) is 0. The number of carbonyl (C=O) groups excluding carboxylic acids is 1. The zero-order valence-corrected chi connectivity index (χ0v) is 15.5. The van der Waals surface area contributed by atoms with E-state index in [1.54, 1.807) is 30.3 Å². The molecule has 0 aliphatic carbocycles. The van der Waals surface area contributed by atoms with Gasteiger partial charge in [-0.2, -0.15) is 0 Å². The first kappa shape index (κ1) is 17.5. The first-order valence-corrected chi connectivity index (χ1v) is 8.95. The van der Waals surface area contributed by atoms with Gasteiger partial charge in [-0.3, -0.25) is 4.79 Å². The fourth-order valence-corrected chi connectivity index (χ4v) is 2.96. The number of carbonyl (C=O) groups is 1. The van der Waals surface area contributed by atoms with Gasteiger partial charge in [0.1, 0.15) is 5.82 Å². The SMILES string of the molecule is O=C(Nc1ccc2ccc(-c3ccc(Cl)c(Cl)c3)nc2n1)c1ccccc1. The lowest BCUT2D eigenvalue weighted by Crippen LogP contribution is -2.12. The molecule has 0 unspecified atom stereocenters. The van der Waals surface area contributed by atoms with Crippen molar-refractivity contribution in [1.82, 2.24) is 9.97 Å². The Morgan fingerprint density at radius 2 is 1.59 bits per heavy atom. The van der Waals surface area contributed by atoms with Crippen LogP contribution in [0.1, 0.15) is 10.4 Å². The quantitative estimate of drug-likeness (QED) is 0.474. The minimum atomic E-state index is -0.219. The summed E-state index contributed by atoms with van der Waals surface area (Å²) in [6.07, 6.45) is 0. The molecule has 0 fully saturated rings. The number of halogens is 2. The third-order valence-electron chi connectivity index (χ3n) is 4.05. The topological polar surface area (TPSA) is 54.9 Å². The number of hydrogen-bond acceptors (Lipinski definition) is 3. The highest BCUT2D eigenvalue weighted by molar-refractivity contribution is 6.42. The predicted molar refractivity (Wildman–Crippen MR) is 109 cm³/mol. The molecule has 6 heteroatoms. The van der Waals surface area contributed by atoms with Crippen LogP contribution in [-0.2, 0) is 0 Å². The molecule has 2 heterocycles. The molecule has 4 rings (SSSR count). The monoisotopic (exact) mass is 393 g/mol. The van der Waals surface area contributed by atoms with E-state index in [2.05, 4.69) is 15.3 Å². The summed E-state index contributed by atoms with van der Waals surface area (Å²) in [5, 5.41) is 4.63. The molecule has 0 saturated carbocycles. The highest BCUT2D eigenvalue weighted by Crippen LogP contribution is 2.28. The zero-order valence-electron chi connectivity index (χ0n) is 14.0. The molecule has 0 atom stereocenters. The molecule has 27 heavy (non-hydrogen) atoms. The van der Waals surface area contributed by atoms with Crippen LogP contribution < -0.4 is 5.32 Å². The lowest BCUT2D eigenvalue weighted by molar-refractivity contribution is 0.102. The van der Waals surface area contributed by atoms with Crippen LogP contribution in [-0.4, -0.2) is 15.9 Å². The molecule has 132 valence electrons. The summed E-state index contributed by atoms with van der Waals surface area (Å²) >= 11 is 12.1. The molecule has 2 aromatic carbocycles. The van der Waals surface area contributed by atoms with Crippen molar-refractivity contribution in [2.75, 3.05) is 5.32 Å². The van der Waals surface area contributed by atoms with Gasteiger partial charge >= 0.3 is 0 Å². The Bertz CT molecular complexity index is 1150.